The van der Waals surface area contributed by atoms with Crippen LogP contribution in [0.25, 0.3) is 5.69 Å². The Morgan fingerprint density at radius 2 is 2.08 bits per heavy atom. The molecule has 1 unspecified atom stereocenters. The lowest BCUT2D eigenvalue weighted by Crippen LogP contribution is -2.49. The zero-order chi connectivity index (χ0) is 17.1. The molecule has 24 heavy (non-hydrogen) atoms. The van der Waals surface area contributed by atoms with Gasteiger partial charge in [-0.1, -0.05) is 0 Å². The van der Waals surface area contributed by atoms with Crippen LogP contribution in [-0.2, 0) is 9.53 Å². The van der Waals surface area contributed by atoms with Crippen LogP contribution in [0, 0.1) is 5.82 Å². The van der Waals surface area contributed by atoms with Gasteiger partial charge in [-0.15, -0.1) is 5.10 Å². The van der Waals surface area contributed by atoms with Gasteiger partial charge in [0.1, 0.15) is 5.82 Å². The molecule has 9 heteroatoms. The second kappa shape index (κ2) is 6.75. The van der Waals surface area contributed by atoms with E-state index in [1.165, 1.54) is 40.2 Å². The van der Waals surface area contributed by atoms with Crippen molar-refractivity contribution >= 4 is 11.9 Å². The number of hydrogen-bond acceptors (Lipinski definition) is 5. The number of hydrogen-bond donors (Lipinski definition) is 1. The molecule has 3 rings (SSSR count). The number of ether oxygens (including phenoxy) is 1. The Kier molecular flexibility index (Phi) is 4.52. The fourth-order valence-electron chi connectivity index (χ4n) is 2.50. The predicted molar refractivity (Wildman–Crippen MR) is 79.2 cm³/mol. The highest BCUT2D eigenvalue weighted by Crippen LogP contribution is 2.15. The molecule has 2 aromatic rings. The summed E-state index contributed by atoms with van der Waals surface area (Å²) in [5, 5.41) is 17.1. The van der Waals surface area contributed by atoms with Crippen molar-refractivity contribution in [3.8, 4) is 5.69 Å². The highest BCUT2D eigenvalue weighted by molar-refractivity contribution is 5.92. The molecule has 8 nitrogen and oxygen atoms in total. The van der Waals surface area contributed by atoms with Gasteiger partial charge in [-0.2, -0.15) is 9.90 Å². The third-order valence-electron chi connectivity index (χ3n) is 3.67. The number of rotatable bonds is 4. The Labute approximate surface area is 136 Å². The van der Waals surface area contributed by atoms with E-state index < -0.39 is 17.9 Å². The quantitative estimate of drug-likeness (QED) is 0.885. The maximum Gasteiger partial charge on any atom is 0.305 e. The smallest absolute Gasteiger partial charge is 0.305 e. The van der Waals surface area contributed by atoms with Gasteiger partial charge in [-0.25, -0.2) is 4.39 Å². The molecule has 1 atom stereocenters. The van der Waals surface area contributed by atoms with E-state index in [1.807, 2.05) is 0 Å². The molecule has 0 spiro atoms. The Morgan fingerprint density at radius 3 is 2.79 bits per heavy atom. The lowest BCUT2D eigenvalue weighted by atomic mass is 10.1. The molecule has 2 heterocycles. The third-order valence-corrected chi connectivity index (χ3v) is 3.67. The number of halogens is 1. The summed E-state index contributed by atoms with van der Waals surface area (Å²) in [4.78, 5) is 26.2. The van der Waals surface area contributed by atoms with Crippen LogP contribution in [0.3, 0.4) is 0 Å². The second-order valence-electron chi connectivity index (χ2n) is 5.32. The number of carbonyl (C=O) groups is 2. The average molecular weight is 334 g/mol. The predicted octanol–water partition coefficient (Wildman–Crippen LogP) is 0.722. The van der Waals surface area contributed by atoms with Gasteiger partial charge < -0.3 is 14.7 Å². The van der Waals surface area contributed by atoms with Crippen LogP contribution in [0.5, 0.6) is 0 Å². The van der Waals surface area contributed by atoms with Crippen molar-refractivity contribution in [3.63, 3.8) is 0 Å². The van der Waals surface area contributed by atoms with Gasteiger partial charge in [-0.3, -0.25) is 9.59 Å². The lowest BCUT2D eigenvalue weighted by Gasteiger charge is -2.34. The number of carbonyl (C=O) groups excluding carboxylic acids is 1. The van der Waals surface area contributed by atoms with E-state index in [4.69, 9.17) is 9.84 Å². The van der Waals surface area contributed by atoms with Gasteiger partial charge in [0.2, 0.25) is 0 Å². The second-order valence-corrected chi connectivity index (χ2v) is 5.32. The molecule has 126 valence electrons. The third kappa shape index (κ3) is 3.40. The summed E-state index contributed by atoms with van der Waals surface area (Å²) in [7, 11) is 0. The Hall–Kier alpha value is -2.81. The summed E-state index contributed by atoms with van der Waals surface area (Å²) in [5.74, 6) is -1.79. The number of morpholine rings is 1. The fraction of sp³-hybridized carbons (Fsp3) is 0.333. The first-order chi connectivity index (χ1) is 11.5. The number of aliphatic carboxylic acids is 1. The molecule has 1 saturated heterocycles. The number of carboxylic acids is 1. The Bertz CT molecular complexity index is 746. The van der Waals surface area contributed by atoms with Crippen molar-refractivity contribution in [2.24, 2.45) is 0 Å². The maximum atomic E-state index is 13.0. The van der Waals surface area contributed by atoms with Crippen LogP contribution in [0.15, 0.2) is 30.5 Å². The highest BCUT2D eigenvalue weighted by Gasteiger charge is 2.31. The molecule has 1 aliphatic heterocycles. The summed E-state index contributed by atoms with van der Waals surface area (Å²) in [6, 6.07) is 4.98. The van der Waals surface area contributed by atoms with Gasteiger partial charge in [0.25, 0.3) is 5.91 Å². The van der Waals surface area contributed by atoms with Crippen LogP contribution in [0.1, 0.15) is 16.9 Å². The van der Waals surface area contributed by atoms with Gasteiger partial charge >= 0.3 is 5.97 Å². The summed E-state index contributed by atoms with van der Waals surface area (Å²) >= 11 is 0. The minimum Gasteiger partial charge on any atom is -0.481 e. The van der Waals surface area contributed by atoms with E-state index in [9.17, 15) is 14.0 Å². The molecule has 1 N–H and O–H groups in total. The van der Waals surface area contributed by atoms with Crippen molar-refractivity contribution < 1.29 is 23.8 Å². The molecule has 0 aliphatic carbocycles. The van der Waals surface area contributed by atoms with E-state index in [0.717, 1.165) is 0 Å². The van der Waals surface area contributed by atoms with Crippen LogP contribution in [-0.4, -0.2) is 62.7 Å². The topological polar surface area (TPSA) is 97.5 Å². The number of amides is 1. The minimum absolute atomic E-state index is 0.0941. The molecule has 1 aliphatic rings. The molecular weight excluding hydrogens is 319 g/mol. The molecule has 1 fully saturated rings. The normalized spacial score (nSPS) is 17.7. The Balaban J connectivity index is 1.79. The van der Waals surface area contributed by atoms with Gasteiger partial charge in [-0.05, 0) is 24.3 Å². The zero-order valence-corrected chi connectivity index (χ0v) is 12.6. The molecule has 1 amide bonds. The number of aromatic nitrogens is 3. The molecule has 0 radical (unpaired) electrons. The van der Waals surface area contributed by atoms with Crippen molar-refractivity contribution in [1.82, 2.24) is 19.9 Å². The zero-order valence-electron chi connectivity index (χ0n) is 12.6. The highest BCUT2D eigenvalue weighted by atomic mass is 19.1. The van der Waals surface area contributed by atoms with Crippen LogP contribution in [0.4, 0.5) is 4.39 Å². The van der Waals surface area contributed by atoms with Gasteiger partial charge in [0.05, 0.1) is 37.6 Å². The number of nitrogens with zero attached hydrogens (tertiary/aromatic N) is 4. The van der Waals surface area contributed by atoms with Crippen molar-refractivity contribution in [2.75, 3.05) is 19.8 Å². The molecule has 0 bridgehead atoms. The first kappa shape index (κ1) is 16.1. The fourth-order valence-corrected chi connectivity index (χ4v) is 2.50. The summed E-state index contributed by atoms with van der Waals surface area (Å²) in [5.41, 5.74) is 0.608. The number of carboxylic acid groups (broad SMARTS) is 1. The van der Waals surface area contributed by atoms with E-state index in [-0.39, 0.29) is 24.5 Å². The lowest BCUT2D eigenvalue weighted by molar-refractivity contribution is -0.139. The van der Waals surface area contributed by atoms with E-state index in [0.29, 0.717) is 18.8 Å². The van der Waals surface area contributed by atoms with E-state index in [2.05, 4.69) is 10.2 Å². The minimum atomic E-state index is -1.00. The van der Waals surface area contributed by atoms with E-state index >= 15 is 0 Å². The Morgan fingerprint density at radius 1 is 1.33 bits per heavy atom. The standard InChI is InChI=1S/C15H15FN4O4/c16-10-1-3-11(4-2-10)20-17-8-13(18-20)15(23)19-5-6-24-9-12(19)7-14(21)22/h1-4,8,12H,5-7,9H2,(H,21,22). The van der Waals surface area contributed by atoms with Crippen molar-refractivity contribution in [1.29, 1.82) is 0 Å². The summed E-state index contributed by atoms with van der Waals surface area (Å²) < 4.78 is 18.2. The summed E-state index contributed by atoms with van der Waals surface area (Å²) in [6.07, 6.45) is 1.11. The monoisotopic (exact) mass is 334 g/mol. The molecule has 1 aromatic heterocycles. The molecule has 1 aromatic carbocycles. The van der Waals surface area contributed by atoms with Crippen LogP contribution < -0.4 is 0 Å². The van der Waals surface area contributed by atoms with Gasteiger partial charge in [0.15, 0.2) is 5.69 Å². The first-order valence-corrected chi connectivity index (χ1v) is 7.33. The van der Waals surface area contributed by atoms with Crippen molar-refractivity contribution in [3.05, 3.63) is 42.0 Å². The largest absolute Gasteiger partial charge is 0.481 e. The van der Waals surface area contributed by atoms with E-state index in [1.54, 1.807) is 0 Å². The van der Waals surface area contributed by atoms with Crippen molar-refractivity contribution in [2.45, 2.75) is 12.5 Å². The number of benzene rings is 1. The molecule has 0 saturated carbocycles. The van der Waals surface area contributed by atoms with Crippen LogP contribution >= 0.6 is 0 Å². The first-order valence-electron chi connectivity index (χ1n) is 7.33. The molecular formula is C15H15FN4O4. The maximum absolute atomic E-state index is 13.0. The van der Waals surface area contributed by atoms with Crippen LogP contribution in [0.2, 0.25) is 0 Å². The van der Waals surface area contributed by atoms with Gasteiger partial charge in [0, 0.05) is 6.54 Å². The summed E-state index contributed by atoms with van der Waals surface area (Å²) in [6.45, 7) is 0.804. The SMILES string of the molecule is O=C(O)CC1COCCN1C(=O)c1cnn(-c2ccc(F)cc2)n1. The average Bonchev–Trinajstić information content (AvgIpc) is 3.05.